The van der Waals surface area contributed by atoms with E-state index in [0.29, 0.717) is 36.1 Å². The van der Waals surface area contributed by atoms with Crippen LogP contribution in [-0.4, -0.2) is 22.4 Å². The lowest BCUT2D eigenvalue weighted by Gasteiger charge is -2.30. The Hall–Kier alpha value is -2.95. The summed E-state index contributed by atoms with van der Waals surface area (Å²) in [6.07, 6.45) is 5.35. The second kappa shape index (κ2) is 7.97. The van der Waals surface area contributed by atoms with Crippen molar-refractivity contribution >= 4 is 16.8 Å². The van der Waals surface area contributed by atoms with E-state index in [1.165, 1.54) is 18.4 Å². The molecular weight excluding hydrogens is 350 g/mol. The molecule has 1 aliphatic rings. The van der Waals surface area contributed by atoms with Gasteiger partial charge in [0.2, 0.25) is 5.91 Å². The van der Waals surface area contributed by atoms with Crippen LogP contribution in [0, 0.1) is 0 Å². The van der Waals surface area contributed by atoms with Gasteiger partial charge in [-0.15, -0.1) is 0 Å². The third-order valence-electron chi connectivity index (χ3n) is 5.82. The maximum absolute atomic E-state index is 12.5. The van der Waals surface area contributed by atoms with Gasteiger partial charge < -0.3 is 10.3 Å². The number of carbonyl (C=O) groups is 1. The first kappa shape index (κ1) is 18.4. The molecule has 0 atom stereocenters. The molecule has 1 aliphatic carbocycles. The largest absolute Gasteiger partial charge is 0.355 e. The lowest BCUT2D eigenvalue weighted by molar-refractivity contribution is -0.121. The van der Waals surface area contributed by atoms with Crippen molar-refractivity contribution in [3.05, 3.63) is 76.3 Å². The molecule has 144 valence electrons. The maximum atomic E-state index is 12.5. The minimum Gasteiger partial charge on any atom is -0.355 e. The number of benzene rings is 2. The molecule has 0 saturated heterocycles. The summed E-state index contributed by atoms with van der Waals surface area (Å²) in [5.74, 6) is 0.551. The Morgan fingerprint density at radius 2 is 1.75 bits per heavy atom. The second-order valence-electron chi connectivity index (χ2n) is 7.66. The van der Waals surface area contributed by atoms with Crippen molar-refractivity contribution in [2.45, 2.75) is 43.9 Å². The molecule has 0 bridgehead atoms. The summed E-state index contributed by atoms with van der Waals surface area (Å²) in [4.78, 5) is 31.9. The van der Waals surface area contributed by atoms with Crippen LogP contribution in [0.5, 0.6) is 0 Å². The van der Waals surface area contributed by atoms with E-state index in [4.69, 9.17) is 0 Å². The molecule has 2 aromatic carbocycles. The van der Waals surface area contributed by atoms with Crippen LogP contribution in [0.1, 0.15) is 43.5 Å². The highest BCUT2D eigenvalue weighted by molar-refractivity contribution is 5.78. The molecule has 1 saturated carbocycles. The van der Waals surface area contributed by atoms with Crippen molar-refractivity contribution in [2.75, 3.05) is 6.54 Å². The Morgan fingerprint density at radius 1 is 1.04 bits per heavy atom. The average molecular weight is 375 g/mol. The van der Waals surface area contributed by atoms with Gasteiger partial charge in [-0.2, -0.15) is 0 Å². The normalized spacial score (nSPS) is 15.6. The Labute approximate surface area is 164 Å². The number of nitrogens with zero attached hydrogens (tertiary/aromatic N) is 1. The summed E-state index contributed by atoms with van der Waals surface area (Å²) in [5.41, 5.74) is 1.87. The Morgan fingerprint density at radius 3 is 2.54 bits per heavy atom. The van der Waals surface area contributed by atoms with Crippen LogP contribution in [-0.2, 0) is 16.6 Å². The van der Waals surface area contributed by atoms with E-state index in [-0.39, 0.29) is 16.9 Å². The number of aromatic amines is 1. The number of rotatable bonds is 6. The van der Waals surface area contributed by atoms with Gasteiger partial charge in [0.1, 0.15) is 5.82 Å². The highest BCUT2D eigenvalue weighted by Crippen LogP contribution is 2.40. The molecule has 0 unspecified atom stereocenters. The van der Waals surface area contributed by atoms with Crippen molar-refractivity contribution in [3.8, 4) is 0 Å². The molecular formula is C23H25N3O2. The fraction of sp³-hybridized carbons (Fsp3) is 0.348. The number of amides is 1. The van der Waals surface area contributed by atoms with Crippen LogP contribution in [0.2, 0.25) is 0 Å². The van der Waals surface area contributed by atoms with Crippen molar-refractivity contribution in [1.82, 2.24) is 15.3 Å². The number of para-hydroxylation sites is 1. The molecule has 5 heteroatoms. The van der Waals surface area contributed by atoms with Crippen LogP contribution in [0.25, 0.3) is 10.9 Å². The standard InChI is InChI=1S/C23H25N3O2/c27-21(13-12-20-25-19-11-5-4-10-18(19)22(28)26-20)24-16-23(14-6-7-15-23)17-8-2-1-3-9-17/h1-5,8-11H,6-7,12-16H2,(H,24,27)(H,25,26,28). The molecule has 1 amide bonds. The summed E-state index contributed by atoms with van der Waals surface area (Å²) in [5, 5.41) is 3.70. The smallest absolute Gasteiger partial charge is 0.258 e. The zero-order chi connectivity index (χ0) is 19.4. The molecule has 0 aliphatic heterocycles. The van der Waals surface area contributed by atoms with Gasteiger partial charge in [0.15, 0.2) is 0 Å². The van der Waals surface area contributed by atoms with Gasteiger partial charge in [-0.1, -0.05) is 55.3 Å². The van der Waals surface area contributed by atoms with Crippen LogP contribution < -0.4 is 10.9 Å². The fourth-order valence-electron chi connectivity index (χ4n) is 4.25. The maximum Gasteiger partial charge on any atom is 0.258 e. The third-order valence-corrected chi connectivity index (χ3v) is 5.82. The first-order valence-corrected chi connectivity index (χ1v) is 9.96. The number of fused-ring (bicyclic) bond motifs is 1. The zero-order valence-corrected chi connectivity index (χ0v) is 15.9. The molecule has 1 fully saturated rings. The zero-order valence-electron chi connectivity index (χ0n) is 15.9. The summed E-state index contributed by atoms with van der Waals surface area (Å²) >= 11 is 0. The Kier molecular flexibility index (Phi) is 5.24. The summed E-state index contributed by atoms with van der Waals surface area (Å²) in [7, 11) is 0. The van der Waals surface area contributed by atoms with Crippen molar-refractivity contribution < 1.29 is 4.79 Å². The number of hydrogen-bond donors (Lipinski definition) is 2. The first-order chi connectivity index (χ1) is 13.7. The number of hydrogen-bond acceptors (Lipinski definition) is 3. The van der Waals surface area contributed by atoms with Crippen molar-refractivity contribution in [1.29, 1.82) is 0 Å². The molecule has 28 heavy (non-hydrogen) atoms. The second-order valence-corrected chi connectivity index (χ2v) is 7.66. The van der Waals surface area contributed by atoms with Gasteiger partial charge in [-0.3, -0.25) is 9.59 Å². The van der Waals surface area contributed by atoms with E-state index < -0.39 is 0 Å². The summed E-state index contributed by atoms with van der Waals surface area (Å²) in [6, 6.07) is 17.7. The average Bonchev–Trinajstić information content (AvgIpc) is 3.22. The number of aromatic nitrogens is 2. The molecule has 4 rings (SSSR count). The Bertz CT molecular complexity index is 1020. The van der Waals surface area contributed by atoms with Gasteiger partial charge in [0.05, 0.1) is 10.9 Å². The highest BCUT2D eigenvalue weighted by Gasteiger charge is 2.35. The van der Waals surface area contributed by atoms with Gasteiger partial charge in [0.25, 0.3) is 5.56 Å². The van der Waals surface area contributed by atoms with Gasteiger partial charge >= 0.3 is 0 Å². The van der Waals surface area contributed by atoms with Crippen LogP contribution in [0.4, 0.5) is 0 Å². The number of H-pyrrole nitrogens is 1. The SMILES string of the molecule is O=C(CCc1nc2ccccc2c(=O)[nH]1)NCC1(c2ccccc2)CCCC1. The quantitative estimate of drug-likeness (QED) is 0.693. The third kappa shape index (κ3) is 3.84. The topological polar surface area (TPSA) is 74.8 Å². The number of nitrogens with one attached hydrogen (secondary N) is 2. The van der Waals surface area contributed by atoms with E-state index in [1.807, 2.05) is 24.3 Å². The predicted octanol–water partition coefficient (Wildman–Crippen LogP) is 3.48. The van der Waals surface area contributed by atoms with Crippen molar-refractivity contribution in [3.63, 3.8) is 0 Å². The van der Waals surface area contributed by atoms with Crippen molar-refractivity contribution in [2.24, 2.45) is 0 Å². The molecule has 3 aromatic rings. The summed E-state index contributed by atoms with van der Waals surface area (Å²) in [6.45, 7) is 0.664. The number of carbonyl (C=O) groups excluding carboxylic acids is 1. The molecule has 0 spiro atoms. The monoisotopic (exact) mass is 375 g/mol. The molecule has 0 radical (unpaired) electrons. The first-order valence-electron chi connectivity index (χ1n) is 9.96. The minimum absolute atomic E-state index is 0.00184. The lowest BCUT2D eigenvalue weighted by atomic mass is 9.79. The molecule has 1 heterocycles. The molecule has 5 nitrogen and oxygen atoms in total. The van der Waals surface area contributed by atoms with Crippen LogP contribution in [0.15, 0.2) is 59.4 Å². The van der Waals surface area contributed by atoms with Gasteiger partial charge in [0, 0.05) is 24.8 Å². The number of aryl methyl sites for hydroxylation is 1. The highest BCUT2D eigenvalue weighted by atomic mass is 16.1. The lowest BCUT2D eigenvalue weighted by Crippen LogP contribution is -2.39. The van der Waals surface area contributed by atoms with Crippen LogP contribution >= 0.6 is 0 Å². The van der Waals surface area contributed by atoms with E-state index in [9.17, 15) is 9.59 Å². The Balaban J connectivity index is 1.39. The minimum atomic E-state index is -0.157. The van der Waals surface area contributed by atoms with Gasteiger partial charge in [-0.25, -0.2) is 4.98 Å². The molecule has 2 N–H and O–H groups in total. The van der Waals surface area contributed by atoms with E-state index in [1.54, 1.807) is 6.07 Å². The summed E-state index contributed by atoms with van der Waals surface area (Å²) < 4.78 is 0. The van der Waals surface area contributed by atoms with E-state index in [2.05, 4.69) is 39.6 Å². The van der Waals surface area contributed by atoms with Crippen LogP contribution in [0.3, 0.4) is 0 Å². The van der Waals surface area contributed by atoms with E-state index in [0.717, 1.165) is 12.8 Å². The predicted molar refractivity (Wildman–Crippen MR) is 110 cm³/mol. The van der Waals surface area contributed by atoms with E-state index >= 15 is 0 Å². The molecule has 1 aromatic heterocycles. The fourth-order valence-corrected chi connectivity index (χ4v) is 4.25. The van der Waals surface area contributed by atoms with Gasteiger partial charge in [-0.05, 0) is 30.5 Å².